The standard InChI is InChI=1S/C17H23N3OS/c1-2-8-21-14(4-1)11-20-16(10-13-6-9-22-12-13)19-15-5-3-7-18-17(15)20/h3,5,7,13-14H,1-2,4,6,8-12H2. The first-order valence-corrected chi connectivity index (χ1v) is 9.55. The minimum atomic E-state index is 0.324. The zero-order chi connectivity index (χ0) is 14.8. The summed E-state index contributed by atoms with van der Waals surface area (Å²) in [5, 5.41) is 0. The molecule has 0 amide bonds. The zero-order valence-corrected chi connectivity index (χ0v) is 13.7. The molecule has 2 aromatic rings. The van der Waals surface area contributed by atoms with Gasteiger partial charge in [0.15, 0.2) is 5.65 Å². The van der Waals surface area contributed by atoms with Crippen LogP contribution in [0.3, 0.4) is 0 Å². The highest BCUT2D eigenvalue weighted by Gasteiger charge is 2.23. The van der Waals surface area contributed by atoms with Crippen molar-refractivity contribution in [3.63, 3.8) is 0 Å². The van der Waals surface area contributed by atoms with Crippen LogP contribution in [-0.4, -0.2) is 38.8 Å². The van der Waals surface area contributed by atoms with Gasteiger partial charge in [0.25, 0.3) is 0 Å². The third-order valence-corrected chi connectivity index (χ3v) is 5.97. The number of thioether (sulfide) groups is 1. The first-order valence-electron chi connectivity index (χ1n) is 8.39. The lowest BCUT2D eigenvalue weighted by molar-refractivity contribution is 0.00604. The first kappa shape index (κ1) is 14.5. The van der Waals surface area contributed by atoms with Gasteiger partial charge in [-0.15, -0.1) is 0 Å². The van der Waals surface area contributed by atoms with Crippen molar-refractivity contribution in [3.8, 4) is 0 Å². The maximum Gasteiger partial charge on any atom is 0.160 e. The third-order valence-electron chi connectivity index (χ3n) is 4.74. The summed E-state index contributed by atoms with van der Waals surface area (Å²) in [6, 6.07) is 4.06. The lowest BCUT2D eigenvalue weighted by atomic mass is 10.0. The van der Waals surface area contributed by atoms with Gasteiger partial charge < -0.3 is 9.30 Å². The summed E-state index contributed by atoms with van der Waals surface area (Å²) >= 11 is 2.07. The highest BCUT2D eigenvalue weighted by atomic mass is 32.2. The zero-order valence-electron chi connectivity index (χ0n) is 12.9. The fraction of sp³-hybridized carbons (Fsp3) is 0.647. The summed E-state index contributed by atoms with van der Waals surface area (Å²) < 4.78 is 8.27. The van der Waals surface area contributed by atoms with Crippen LogP contribution in [0.25, 0.3) is 11.2 Å². The van der Waals surface area contributed by atoms with E-state index in [-0.39, 0.29) is 0 Å². The van der Waals surface area contributed by atoms with Gasteiger partial charge in [-0.3, -0.25) is 0 Å². The molecule has 4 rings (SSSR count). The Hall–Kier alpha value is -1.07. The number of rotatable bonds is 4. The quantitative estimate of drug-likeness (QED) is 0.867. The van der Waals surface area contributed by atoms with E-state index in [1.807, 2.05) is 12.3 Å². The SMILES string of the molecule is c1cnc2c(c1)nc(CC1CCSC1)n2CC1CCCCO1. The number of nitrogens with zero attached hydrogens (tertiary/aromatic N) is 3. The number of fused-ring (bicyclic) bond motifs is 1. The smallest absolute Gasteiger partial charge is 0.160 e. The maximum absolute atomic E-state index is 5.94. The molecule has 2 unspecified atom stereocenters. The van der Waals surface area contributed by atoms with Crippen molar-refractivity contribution < 1.29 is 4.74 Å². The van der Waals surface area contributed by atoms with Gasteiger partial charge in [-0.05, 0) is 55.2 Å². The van der Waals surface area contributed by atoms with E-state index >= 15 is 0 Å². The molecule has 22 heavy (non-hydrogen) atoms. The average Bonchev–Trinajstić information content (AvgIpc) is 3.18. The number of hydrogen-bond donors (Lipinski definition) is 0. The van der Waals surface area contributed by atoms with Crippen LogP contribution in [-0.2, 0) is 17.7 Å². The molecule has 5 heteroatoms. The van der Waals surface area contributed by atoms with Crippen molar-refractivity contribution in [2.75, 3.05) is 18.1 Å². The second-order valence-electron chi connectivity index (χ2n) is 6.41. The maximum atomic E-state index is 5.94. The van der Waals surface area contributed by atoms with Crippen LogP contribution in [0.4, 0.5) is 0 Å². The molecule has 0 aliphatic carbocycles. The van der Waals surface area contributed by atoms with Crippen molar-refractivity contribution >= 4 is 22.9 Å². The molecule has 2 fully saturated rings. The van der Waals surface area contributed by atoms with Crippen LogP contribution in [0.2, 0.25) is 0 Å². The van der Waals surface area contributed by atoms with E-state index in [4.69, 9.17) is 9.72 Å². The van der Waals surface area contributed by atoms with Crippen molar-refractivity contribution in [3.05, 3.63) is 24.2 Å². The second kappa shape index (κ2) is 6.59. The molecule has 4 heterocycles. The summed E-state index contributed by atoms with van der Waals surface area (Å²) in [5.41, 5.74) is 2.05. The van der Waals surface area contributed by atoms with E-state index in [1.165, 1.54) is 36.6 Å². The van der Waals surface area contributed by atoms with E-state index in [1.54, 1.807) is 0 Å². The van der Waals surface area contributed by atoms with Gasteiger partial charge in [-0.2, -0.15) is 11.8 Å². The predicted octanol–water partition coefficient (Wildman–Crippen LogP) is 3.30. The topological polar surface area (TPSA) is 39.9 Å². The van der Waals surface area contributed by atoms with Crippen LogP contribution in [0, 0.1) is 5.92 Å². The number of aromatic nitrogens is 3. The van der Waals surface area contributed by atoms with Gasteiger partial charge >= 0.3 is 0 Å². The van der Waals surface area contributed by atoms with E-state index < -0.39 is 0 Å². The largest absolute Gasteiger partial charge is 0.376 e. The first-order chi connectivity index (χ1) is 10.9. The molecule has 2 saturated heterocycles. The Balaban J connectivity index is 1.63. The molecule has 2 aromatic heterocycles. The summed E-state index contributed by atoms with van der Waals surface area (Å²) in [6.45, 7) is 1.81. The summed E-state index contributed by atoms with van der Waals surface area (Å²) in [5.74, 6) is 4.55. The molecule has 0 radical (unpaired) electrons. The second-order valence-corrected chi connectivity index (χ2v) is 7.56. The van der Waals surface area contributed by atoms with Gasteiger partial charge in [0.1, 0.15) is 11.3 Å². The minimum absolute atomic E-state index is 0.324. The van der Waals surface area contributed by atoms with Crippen molar-refractivity contribution in [1.82, 2.24) is 14.5 Å². The minimum Gasteiger partial charge on any atom is -0.376 e. The lowest BCUT2D eigenvalue weighted by Gasteiger charge is -2.24. The number of imidazole rings is 1. The molecule has 2 atom stereocenters. The Morgan fingerprint density at radius 3 is 3.14 bits per heavy atom. The molecule has 0 aromatic carbocycles. The van der Waals surface area contributed by atoms with Gasteiger partial charge in [0.2, 0.25) is 0 Å². The molecule has 0 saturated carbocycles. The molecular formula is C17H23N3OS. The predicted molar refractivity (Wildman–Crippen MR) is 90.3 cm³/mol. The van der Waals surface area contributed by atoms with E-state index in [9.17, 15) is 0 Å². The van der Waals surface area contributed by atoms with Gasteiger partial charge in [-0.1, -0.05) is 0 Å². The summed E-state index contributed by atoms with van der Waals surface area (Å²) in [7, 11) is 0. The van der Waals surface area contributed by atoms with E-state index in [0.717, 1.165) is 43.1 Å². The Kier molecular flexibility index (Phi) is 4.35. The van der Waals surface area contributed by atoms with Crippen LogP contribution in [0.15, 0.2) is 18.3 Å². The molecule has 0 spiro atoms. The summed E-state index contributed by atoms with van der Waals surface area (Å²) in [6.07, 6.45) is 8.23. The molecule has 4 nitrogen and oxygen atoms in total. The Morgan fingerprint density at radius 2 is 2.32 bits per heavy atom. The monoisotopic (exact) mass is 317 g/mol. The number of pyridine rings is 1. The van der Waals surface area contributed by atoms with Crippen molar-refractivity contribution in [2.24, 2.45) is 5.92 Å². The van der Waals surface area contributed by atoms with Crippen LogP contribution in [0.1, 0.15) is 31.5 Å². The molecule has 0 N–H and O–H groups in total. The number of hydrogen-bond acceptors (Lipinski definition) is 4. The highest BCUT2D eigenvalue weighted by Crippen LogP contribution is 2.28. The average molecular weight is 317 g/mol. The molecule has 0 bridgehead atoms. The van der Waals surface area contributed by atoms with Gasteiger partial charge in [-0.25, -0.2) is 9.97 Å². The Morgan fingerprint density at radius 1 is 1.32 bits per heavy atom. The molecule has 2 aliphatic rings. The van der Waals surface area contributed by atoms with E-state index in [2.05, 4.69) is 27.4 Å². The highest BCUT2D eigenvalue weighted by molar-refractivity contribution is 7.99. The van der Waals surface area contributed by atoms with Crippen LogP contribution >= 0.6 is 11.8 Å². The Bertz CT molecular complexity index is 630. The third kappa shape index (κ3) is 3.01. The lowest BCUT2D eigenvalue weighted by Crippen LogP contribution is -2.26. The molecule has 118 valence electrons. The molecule has 2 aliphatic heterocycles. The molecular weight excluding hydrogens is 294 g/mol. The van der Waals surface area contributed by atoms with Crippen molar-refractivity contribution in [2.45, 2.75) is 44.8 Å². The van der Waals surface area contributed by atoms with Crippen LogP contribution < -0.4 is 0 Å². The Labute approximate surface area is 135 Å². The fourth-order valence-corrected chi connectivity index (χ4v) is 4.80. The van der Waals surface area contributed by atoms with Gasteiger partial charge in [0, 0.05) is 19.2 Å². The number of ether oxygens (including phenoxy) is 1. The summed E-state index contributed by atoms with van der Waals surface area (Å²) in [4.78, 5) is 9.46. The van der Waals surface area contributed by atoms with Crippen LogP contribution in [0.5, 0.6) is 0 Å². The van der Waals surface area contributed by atoms with Gasteiger partial charge in [0.05, 0.1) is 12.6 Å². The van der Waals surface area contributed by atoms with E-state index in [0.29, 0.717) is 6.10 Å². The fourth-order valence-electron chi connectivity index (χ4n) is 3.51. The van der Waals surface area contributed by atoms with Crippen molar-refractivity contribution in [1.29, 1.82) is 0 Å². The normalized spacial score (nSPS) is 25.8.